The summed E-state index contributed by atoms with van der Waals surface area (Å²) in [7, 11) is 0. The van der Waals surface area contributed by atoms with E-state index in [1.807, 2.05) is 6.92 Å². The quantitative estimate of drug-likeness (QED) is 0.557. The number of benzene rings is 1. The zero-order valence-corrected chi connectivity index (χ0v) is 16.1. The number of anilines is 1. The van der Waals surface area contributed by atoms with E-state index in [4.69, 9.17) is 0 Å². The van der Waals surface area contributed by atoms with Crippen LogP contribution in [0.15, 0.2) is 36.5 Å². The lowest BCUT2D eigenvalue weighted by molar-refractivity contribution is -0.106. The van der Waals surface area contributed by atoms with Crippen LogP contribution in [0, 0.1) is 6.92 Å². The fourth-order valence-corrected chi connectivity index (χ4v) is 2.87. The van der Waals surface area contributed by atoms with Gasteiger partial charge in [0, 0.05) is 11.8 Å². The highest BCUT2D eigenvalue weighted by atomic mass is 16.1. The fraction of sp³-hybridized carbons (Fsp3) is 0.318. The number of aryl methyl sites for hydroxylation is 3. The number of hydrogen-bond acceptors (Lipinski definition) is 4. The van der Waals surface area contributed by atoms with Crippen molar-refractivity contribution in [3.05, 3.63) is 64.5 Å². The third kappa shape index (κ3) is 4.66. The molecule has 0 atom stereocenters. The molecule has 0 unspecified atom stereocenters. The molecule has 0 bridgehead atoms. The van der Waals surface area contributed by atoms with E-state index in [0.717, 1.165) is 47.1 Å². The van der Waals surface area contributed by atoms with Crippen molar-refractivity contribution in [2.45, 2.75) is 40.5 Å². The van der Waals surface area contributed by atoms with Crippen LogP contribution in [0.2, 0.25) is 0 Å². The molecule has 26 heavy (non-hydrogen) atoms. The Labute approximate surface area is 156 Å². The molecular formula is C22H27N3O. The lowest BCUT2D eigenvalue weighted by Gasteiger charge is -2.12. The van der Waals surface area contributed by atoms with E-state index in [-0.39, 0.29) is 6.54 Å². The minimum atomic E-state index is 0.206. The third-order valence-electron chi connectivity index (χ3n) is 4.53. The van der Waals surface area contributed by atoms with Crippen molar-refractivity contribution in [2.75, 3.05) is 11.9 Å². The molecule has 0 radical (unpaired) electrons. The van der Waals surface area contributed by atoms with Crippen molar-refractivity contribution < 1.29 is 4.79 Å². The smallest absolute Gasteiger partial charge is 0.223 e. The number of aromatic nitrogens is 2. The zero-order valence-electron chi connectivity index (χ0n) is 16.1. The average Bonchev–Trinajstić information content (AvgIpc) is 2.66. The second kappa shape index (κ2) is 9.09. The van der Waals surface area contributed by atoms with Crippen molar-refractivity contribution in [3.8, 4) is 0 Å². The van der Waals surface area contributed by atoms with Crippen molar-refractivity contribution in [3.63, 3.8) is 0 Å². The van der Waals surface area contributed by atoms with Gasteiger partial charge in [0.05, 0.1) is 12.2 Å². The molecule has 0 aliphatic heterocycles. The first-order chi connectivity index (χ1) is 12.5. The number of carbonyl (C=O) groups excluding carboxylic acids is 1. The minimum absolute atomic E-state index is 0.206. The second-order valence-corrected chi connectivity index (χ2v) is 6.28. The third-order valence-corrected chi connectivity index (χ3v) is 4.53. The van der Waals surface area contributed by atoms with Crippen molar-refractivity contribution in [1.29, 1.82) is 0 Å². The standard InChI is InChI=1S/C22H27N3O/c1-6-18-8-9-20(13-19(18)7-2)16(4)15(3)12-21-14-24-22(23-10-11-26)25-17(21)5/h8-9,11-14H,4,6-7,10H2,1-3,5H3,(H,23,24,25)/b15-12-. The predicted octanol–water partition coefficient (Wildman–Crippen LogP) is 4.64. The maximum atomic E-state index is 10.4. The number of aldehydes is 1. The minimum Gasteiger partial charge on any atom is -0.347 e. The Morgan fingerprint density at radius 3 is 2.58 bits per heavy atom. The van der Waals surface area contributed by atoms with E-state index in [9.17, 15) is 4.79 Å². The van der Waals surface area contributed by atoms with Crippen molar-refractivity contribution >= 4 is 23.9 Å². The van der Waals surface area contributed by atoms with Gasteiger partial charge in [-0.05, 0) is 60.6 Å². The Morgan fingerprint density at radius 2 is 1.96 bits per heavy atom. The van der Waals surface area contributed by atoms with Gasteiger partial charge in [-0.15, -0.1) is 0 Å². The normalized spacial score (nSPS) is 11.3. The molecule has 1 N–H and O–H groups in total. The highest BCUT2D eigenvalue weighted by Gasteiger charge is 2.07. The zero-order chi connectivity index (χ0) is 19.1. The first-order valence-electron chi connectivity index (χ1n) is 9.01. The molecule has 4 nitrogen and oxygen atoms in total. The van der Waals surface area contributed by atoms with E-state index < -0.39 is 0 Å². The Morgan fingerprint density at radius 1 is 1.23 bits per heavy atom. The van der Waals surface area contributed by atoms with Crippen LogP contribution in [-0.2, 0) is 17.6 Å². The fourth-order valence-electron chi connectivity index (χ4n) is 2.87. The van der Waals surface area contributed by atoms with Gasteiger partial charge < -0.3 is 10.1 Å². The molecular weight excluding hydrogens is 322 g/mol. The number of hydrogen-bond donors (Lipinski definition) is 1. The largest absolute Gasteiger partial charge is 0.347 e. The van der Waals surface area contributed by atoms with E-state index in [1.54, 1.807) is 6.20 Å². The lowest BCUT2D eigenvalue weighted by Crippen LogP contribution is -2.07. The number of carbonyl (C=O) groups is 1. The van der Waals surface area contributed by atoms with Crippen LogP contribution in [0.4, 0.5) is 5.95 Å². The van der Waals surface area contributed by atoms with Crippen LogP contribution in [0.1, 0.15) is 48.7 Å². The number of rotatable bonds is 8. The first kappa shape index (κ1) is 19.6. The molecule has 0 saturated carbocycles. The Kier molecular flexibility index (Phi) is 6.84. The van der Waals surface area contributed by atoms with Gasteiger partial charge in [0.1, 0.15) is 6.29 Å². The lowest BCUT2D eigenvalue weighted by atomic mass is 9.93. The summed E-state index contributed by atoms with van der Waals surface area (Å²) >= 11 is 0. The summed E-state index contributed by atoms with van der Waals surface area (Å²) in [5, 5.41) is 2.86. The molecule has 2 rings (SSSR count). The Bertz CT molecular complexity index is 837. The molecule has 0 amide bonds. The molecule has 0 saturated heterocycles. The predicted molar refractivity (Wildman–Crippen MR) is 109 cm³/mol. The van der Waals surface area contributed by atoms with Crippen LogP contribution >= 0.6 is 0 Å². The SMILES string of the molecule is C=C(/C(C)=C\c1cnc(NCC=O)nc1C)c1ccc(CC)c(CC)c1. The molecule has 1 heterocycles. The van der Waals surface area contributed by atoms with E-state index in [2.05, 4.69) is 66.9 Å². The molecule has 0 aliphatic carbocycles. The molecule has 1 aromatic heterocycles. The van der Waals surface area contributed by atoms with E-state index >= 15 is 0 Å². The Balaban J connectivity index is 2.26. The van der Waals surface area contributed by atoms with Gasteiger partial charge >= 0.3 is 0 Å². The summed E-state index contributed by atoms with van der Waals surface area (Å²) in [6.45, 7) is 12.8. The molecule has 2 aromatic rings. The van der Waals surface area contributed by atoms with E-state index in [1.165, 1.54) is 11.1 Å². The summed E-state index contributed by atoms with van der Waals surface area (Å²) in [6.07, 6.45) is 6.68. The Hall–Kier alpha value is -2.75. The summed E-state index contributed by atoms with van der Waals surface area (Å²) in [6, 6.07) is 6.59. The maximum Gasteiger partial charge on any atom is 0.223 e. The van der Waals surface area contributed by atoms with Crippen LogP contribution in [-0.4, -0.2) is 22.8 Å². The highest BCUT2D eigenvalue weighted by molar-refractivity contribution is 5.83. The summed E-state index contributed by atoms with van der Waals surface area (Å²) in [5.41, 5.74) is 7.81. The average molecular weight is 349 g/mol. The van der Waals surface area contributed by atoms with Crippen LogP contribution in [0.25, 0.3) is 11.6 Å². The summed E-state index contributed by atoms with van der Waals surface area (Å²) in [5.74, 6) is 0.464. The van der Waals surface area contributed by atoms with Gasteiger partial charge in [-0.25, -0.2) is 9.97 Å². The first-order valence-corrected chi connectivity index (χ1v) is 9.01. The summed E-state index contributed by atoms with van der Waals surface area (Å²) in [4.78, 5) is 19.1. The van der Waals surface area contributed by atoms with Crippen molar-refractivity contribution in [2.24, 2.45) is 0 Å². The van der Waals surface area contributed by atoms with Crippen LogP contribution in [0.5, 0.6) is 0 Å². The molecule has 0 aliphatic rings. The van der Waals surface area contributed by atoms with Gasteiger partial charge in [0.25, 0.3) is 0 Å². The molecule has 0 fully saturated rings. The van der Waals surface area contributed by atoms with Gasteiger partial charge in [-0.2, -0.15) is 0 Å². The van der Waals surface area contributed by atoms with E-state index in [0.29, 0.717) is 5.95 Å². The van der Waals surface area contributed by atoms with Crippen molar-refractivity contribution in [1.82, 2.24) is 9.97 Å². The van der Waals surface area contributed by atoms with Gasteiger partial charge in [0.15, 0.2) is 0 Å². The molecule has 1 aromatic carbocycles. The number of allylic oxidation sites excluding steroid dienone is 2. The highest BCUT2D eigenvalue weighted by Crippen LogP contribution is 2.26. The molecule has 4 heteroatoms. The van der Waals surface area contributed by atoms with Crippen LogP contribution < -0.4 is 5.32 Å². The summed E-state index contributed by atoms with van der Waals surface area (Å²) < 4.78 is 0. The maximum absolute atomic E-state index is 10.4. The number of nitrogens with zero attached hydrogens (tertiary/aromatic N) is 2. The van der Waals surface area contributed by atoms with Gasteiger partial charge in [0.2, 0.25) is 5.95 Å². The van der Waals surface area contributed by atoms with Crippen LogP contribution in [0.3, 0.4) is 0 Å². The second-order valence-electron chi connectivity index (χ2n) is 6.28. The topological polar surface area (TPSA) is 54.9 Å². The van der Waals surface area contributed by atoms with Gasteiger partial charge in [-0.1, -0.05) is 38.6 Å². The molecule has 0 spiro atoms. The monoisotopic (exact) mass is 349 g/mol. The number of nitrogens with one attached hydrogen (secondary N) is 1. The molecule has 136 valence electrons. The van der Waals surface area contributed by atoms with Gasteiger partial charge in [-0.3, -0.25) is 0 Å².